The summed E-state index contributed by atoms with van der Waals surface area (Å²) in [5, 5.41) is 7.60. The average molecular weight is 429 g/mol. The van der Waals surface area contributed by atoms with Crippen LogP contribution in [-0.2, 0) is 11.3 Å². The molecule has 1 fully saturated rings. The first kappa shape index (κ1) is 20.0. The Balaban J connectivity index is 1.29. The second kappa shape index (κ2) is 9.03. The molecule has 1 aromatic carbocycles. The maximum atomic E-state index is 6.05. The van der Waals surface area contributed by atoms with E-state index in [0.717, 1.165) is 35.4 Å². The molecule has 5 rings (SSSR count). The van der Waals surface area contributed by atoms with Gasteiger partial charge < -0.3 is 26.0 Å². The Kier molecular flexibility index (Phi) is 5.63. The van der Waals surface area contributed by atoms with Crippen LogP contribution in [0.2, 0.25) is 0 Å². The van der Waals surface area contributed by atoms with Crippen molar-refractivity contribution in [3.05, 3.63) is 66.5 Å². The van der Waals surface area contributed by atoms with Gasteiger partial charge in [0.05, 0.1) is 24.9 Å². The van der Waals surface area contributed by atoms with Crippen LogP contribution in [0.4, 0.5) is 29.1 Å². The molecule has 4 aromatic rings. The fraction of sp³-hybridized carbons (Fsp3) is 0.217. The minimum Gasteiger partial charge on any atom is -0.381 e. The van der Waals surface area contributed by atoms with Crippen molar-refractivity contribution in [1.29, 1.82) is 0 Å². The normalized spacial score (nSPS) is 13.8. The number of hydrogen-bond acceptors (Lipinski definition) is 9. The summed E-state index contributed by atoms with van der Waals surface area (Å²) in [4.78, 5) is 20.1. The molecule has 1 saturated heterocycles. The standard InChI is InChI=1S/C23H24N8O/c24-22-23(27-14-16-6-7-18-17(13-16)3-2-8-25-18)30-20(15-26-22)28-19-4-1-5-21(29-19)31-9-11-32-12-10-31/h1-8,13,15H,9-12,14H2,(H2,24,26)(H2,27,28,29,30). The molecule has 0 amide bonds. The van der Waals surface area contributed by atoms with Gasteiger partial charge in [-0.1, -0.05) is 18.2 Å². The van der Waals surface area contributed by atoms with Crippen molar-refractivity contribution in [2.45, 2.75) is 6.54 Å². The van der Waals surface area contributed by atoms with Gasteiger partial charge in [0.2, 0.25) is 0 Å². The van der Waals surface area contributed by atoms with E-state index in [4.69, 9.17) is 15.5 Å². The number of anilines is 5. The Morgan fingerprint density at radius 1 is 0.969 bits per heavy atom. The van der Waals surface area contributed by atoms with Crippen molar-refractivity contribution in [3.8, 4) is 0 Å². The van der Waals surface area contributed by atoms with Gasteiger partial charge in [0.25, 0.3) is 0 Å². The summed E-state index contributed by atoms with van der Waals surface area (Å²) in [5.74, 6) is 3.03. The predicted molar refractivity (Wildman–Crippen MR) is 126 cm³/mol. The van der Waals surface area contributed by atoms with Crippen molar-refractivity contribution < 1.29 is 4.74 Å². The molecule has 0 aliphatic carbocycles. The maximum Gasteiger partial charge on any atom is 0.171 e. The van der Waals surface area contributed by atoms with Crippen LogP contribution in [0.3, 0.4) is 0 Å². The number of benzene rings is 1. The van der Waals surface area contributed by atoms with E-state index < -0.39 is 0 Å². The Morgan fingerprint density at radius 2 is 1.88 bits per heavy atom. The van der Waals surface area contributed by atoms with Gasteiger partial charge in [-0.3, -0.25) is 4.98 Å². The van der Waals surface area contributed by atoms with Gasteiger partial charge >= 0.3 is 0 Å². The molecule has 4 heterocycles. The van der Waals surface area contributed by atoms with E-state index in [1.54, 1.807) is 12.4 Å². The highest BCUT2D eigenvalue weighted by molar-refractivity contribution is 5.79. The molecule has 9 nitrogen and oxygen atoms in total. The largest absolute Gasteiger partial charge is 0.381 e. The summed E-state index contributed by atoms with van der Waals surface area (Å²) >= 11 is 0. The molecule has 0 spiro atoms. The molecular weight excluding hydrogens is 404 g/mol. The van der Waals surface area contributed by atoms with Gasteiger partial charge in [-0.05, 0) is 35.9 Å². The number of nitrogen functional groups attached to an aromatic ring is 1. The quantitative estimate of drug-likeness (QED) is 0.426. The fourth-order valence-electron chi connectivity index (χ4n) is 3.60. The molecule has 0 saturated carbocycles. The third-order valence-electron chi connectivity index (χ3n) is 5.25. The van der Waals surface area contributed by atoms with Gasteiger partial charge in [0.1, 0.15) is 11.6 Å². The molecule has 32 heavy (non-hydrogen) atoms. The van der Waals surface area contributed by atoms with Gasteiger partial charge in [-0.2, -0.15) is 0 Å². The second-order valence-electron chi connectivity index (χ2n) is 7.48. The lowest BCUT2D eigenvalue weighted by atomic mass is 10.1. The van der Waals surface area contributed by atoms with E-state index in [1.807, 2.05) is 42.5 Å². The summed E-state index contributed by atoms with van der Waals surface area (Å²) in [5.41, 5.74) is 8.12. The zero-order valence-corrected chi connectivity index (χ0v) is 17.5. The van der Waals surface area contributed by atoms with E-state index in [0.29, 0.717) is 43.0 Å². The monoisotopic (exact) mass is 428 g/mol. The fourth-order valence-corrected chi connectivity index (χ4v) is 3.60. The lowest BCUT2D eigenvalue weighted by molar-refractivity contribution is 0.122. The van der Waals surface area contributed by atoms with Crippen molar-refractivity contribution >= 4 is 40.0 Å². The molecule has 1 aliphatic rings. The highest BCUT2D eigenvalue weighted by Gasteiger charge is 2.13. The first-order valence-electron chi connectivity index (χ1n) is 10.5. The second-order valence-corrected chi connectivity index (χ2v) is 7.48. The number of aromatic nitrogens is 4. The number of nitrogens with zero attached hydrogens (tertiary/aromatic N) is 5. The smallest absolute Gasteiger partial charge is 0.171 e. The Morgan fingerprint density at radius 3 is 2.78 bits per heavy atom. The first-order valence-corrected chi connectivity index (χ1v) is 10.5. The molecule has 4 N–H and O–H groups in total. The van der Waals surface area contributed by atoms with Crippen molar-refractivity contribution in [2.24, 2.45) is 0 Å². The summed E-state index contributed by atoms with van der Waals surface area (Å²) in [6, 6.07) is 16.0. The van der Waals surface area contributed by atoms with Crippen LogP contribution in [0.5, 0.6) is 0 Å². The van der Waals surface area contributed by atoms with Gasteiger partial charge in [-0.15, -0.1) is 0 Å². The molecule has 162 valence electrons. The van der Waals surface area contributed by atoms with Crippen molar-refractivity contribution in [2.75, 3.05) is 47.6 Å². The zero-order chi connectivity index (χ0) is 21.8. The van der Waals surface area contributed by atoms with Crippen LogP contribution in [-0.4, -0.2) is 46.2 Å². The zero-order valence-electron chi connectivity index (χ0n) is 17.5. The molecule has 1 aliphatic heterocycles. The van der Waals surface area contributed by atoms with E-state index in [1.165, 1.54) is 0 Å². The Labute approximate surface area is 185 Å². The topological polar surface area (TPSA) is 114 Å². The van der Waals surface area contributed by atoms with Crippen molar-refractivity contribution in [3.63, 3.8) is 0 Å². The van der Waals surface area contributed by atoms with Crippen LogP contribution < -0.4 is 21.3 Å². The van der Waals surface area contributed by atoms with E-state index in [9.17, 15) is 0 Å². The number of nitrogens with two attached hydrogens (primary N) is 1. The summed E-state index contributed by atoms with van der Waals surface area (Å²) in [7, 11) is 0. The van der Waals surface area contributed by atoms with Crippen LogP contribution in [0.1, 0.15) is 5.56 Å². The highest BCUT2D eigenvalue weighted by atomic mass is 16.5. The summed E-state index contributed by atoms with van der Waals surface area (Å²) < 4.78 is 5.42. The third-order valence-corrected chi connectivity index (χ3v) is 5.25. The molecule has 0 radical (unpaired) electrons. The van der Waals surface area contributed by atoms with Gasteiger partial charge in [-0.25, -0.2) is 15.0 Å². The SMILES string of the molecule is Nc1ncc(Nc2cccc(N3CCOCC3)n2)nc1NCc1ccc2ncccc2c1. The highest BCUT2D eigenvalue weighted by Crippen LogP contribution is 2.22. The lowest BCUT2D eigenvalue weighted by Crippen LogP contribution is -2.36. The number of hydrogen-bond donors (Lipinski definition) is 3. The van der Waals surface area contributed by atoms with Crippen LogP contribution >= 0.6 is 0 Å². The number of ether oxygens (including phenoxy) is 1. The van der Waals surface area contributed by atoms with Crippen LogP contribution in [0, 0.1) is 0 Å². The molecule has 0 atom stereocenters. The first-order chi connectivity index (χ1) is 15.7. The molecule has 0 unspecified atom stereocenters. The Bertz CT molecular complexity index is 1230. The molecule has 0 bridgehead atoms. The van der Waals surface area contributed by atoms with Gasteiger partial charge in [0.15, 0.2) is 17.5 Å². The minimum atomic E-state index is 0.341. The Hall–Kier alpha value is -3.98. The van der Waals surface area contributed by atoms with E-state index >= 15 is 0 Å². The molecule has 3 aromatic heterocycles. The lowest BCUT2D eigenvalue weighted by Gasteiger charge is -2.28. The number of rotatable bonds is 6. The predicted octanol–water partition coefficient (Wildman–Crippen LogP) is 3.19. The number of morpholine rings is 1. The molecule has 9 heteroatoms. The van der Waals surface area contributed by atoms with E-state index in [2.05, 4.69) is 36.6 Å². The summed E-state index contributed by atoms with van der Waals surface area (Å²) in [6.45, 7) is 3.66. The van der Waals surface area contributed by atoms with Crippen LogP contribution in [0.15, 0.2) is 60.9 Å². The average Bonchev–Trinajstić information content (AvgIpc) is 2.85. The van der Waals surface area contributed by atoms with Gasteiger partial charge in [0, 0.05) is 31.2 Å². The third kappa shape index (κ3) is 4.52. The van der Waals surface area contributed by atoms with Crippen LogP contribution in [0.25, 0.3) is 10.9 Å². The summed E-state index contributed by atoms with van der Waals surface area (Å²) in [6.07, 6.45) is 3.39. The van der Waals surface area contributed by atoms with Crippen molar-refractivity contribution in [1.82, 2.24) is 19.9 Å². The minimum absolute atomic E-state index is 0.341. The maximum absolute atomic E-state index is 6.05. The number of nitrogens with one attached hydrogen (secondary N) is 2. The van der Waals surface area contributed by atoms with E-state index in [-0.39, 0.29) is 0 Å². The number of pyridine rings is 2. The number of fused-ring (bicyclic) bond motifs is 1. The molecular formula is C23H24N8O.